The quantitative estimate of drug-likeness (QED) is 0.452. The van der Waals surface area contributed by atoms with Crippen LogP contribution in [0.5, 0.6) is 0 Å². The Hall–Kier alpha value is -2.81. The maximum atomic E-state index is 4.69. The number of nitrogens with zero attached hydrogens (tertiary/aromatic N) is 3. The predicted octanol–water partition coefficient (Wildman–Crippen LogP) is 5.95. The maximum Gasteiger partial charge on any atom is 0.0522 e. The molecule has 1 aromatic heterocycles. The van der Waals surface area contributed by atoms with E-state index in [9.17, 15) is 0 Å². The molecule has 0 atom stereocenters. The first kappa shape index (κ1) is 20.9. The van der Waals surface area contributed by atoms with Crippen LogP contribution in [0.3, 0.4) is 0 Å². The highest BCUT2D eigenvalue weighted by atomic mass is 15.1. The van der Waals surface area contributed by atoms with E-state index in [1.807, 2.05) is 12.3 Å². The van der Waals surface area contributed by atoms with Gasteiger partial charge in [0.2, 0.25) is 0 Å². The number of rotatable bonds is 9. The summed E-state index contributed by atoms with van der Waals surface area (Å²) in [5, 5.41) is 0. The van der Waals surface area contributed by atoms with Crippen molar-refractivity contribution in [3.05, 3.63) is 89.7 Å². The summed E-state index contributed by atoms with van der Waals surface area (Å²) in [4.78, 5) is 9.44. The Morgan fingerprint density at radius 2 is 1.07 bits per heavy atom. The van der Waals surface area contributed by atoms with Gasteiger partial charge in [-0.15, -0.1) is 0 Å². The van der Waals surface area contributed by atoms with Crippen molar-refractivity contribution in [2.75, 3.05) is 36.0 Å². The second kappa shape index (κ2) is 10.1. The van der Waals surface area contributed by atoms with Crippen LogP contribution in [0.4, 0.5) is 11.4 Å². The lowest BCUT2D eigenvalue weighted by Gasteiger charge is -2.24. The van der Waals surface area contributed by atoms with E-state index in [0.717, 1.165) is 31.9 Å². The second-order valence-electron chi connectivity index (χ2n) is 7.22. The van der Waals surface area contributed by atoms with Crippen LogP contribution in [0.2, 0.25) is 0 Å². The molecule has 0 amide bonds. The van der Waals surface area contributed by atoms with Crippen LogP contribution in [0.1, 0.15) is 50.4 Å². The third kappa shape index (κ3) is 4.79. The lowest BCUT2D eigenvalue weighted by atomic mass is 9.88. The molecule has 1 heterocycles. The zero-order valence-electron chi connectivity index (χ0n) is 18.2. The van der Waals surface area contributed by atoms with Crippen molar-refractivity contribution in [1.29, 1.82) is 0 Å². The number of anilines is 2. The molecule has 0 N–H and O–H groups in total. The molecule has 0 aliphatic rings. The summed E-state index contributed by atoms with van der Waals surface area (Å²) in [5.41, 5.74) is 6.18. The van der Waals surface area contributed by atoms with Crippen molar-refractivity contribution in [3.8, 4) is 0 Å². The van der Waals surface area contributed by atoms with E-state index in [1.54, 1.807) is 0 Å². The highest BCUT2D eigenvalue weighted by Crippen LogP contribution is 2.33. The van der Waals surface area contributed by atoms with Crippen molar-refractivity contribution < 1.29 is 0 Å². The fourth-order valence-corrected chi connectivity index (χ4v) is 4.01. The van der Waals surface area contributed by atoms with Gasteiger partial charge in [-0.25, -0.2) is 0 Å². The Morgan fingerprint density at radius 1 is 0.621 bits per heavy atom. The molecule has 3 rings (SSSR count). The van der Waals surface area contributed by atoms with E-state index in [1.165, 1.54) is 22.5 Å². The van der Waals surface area contributed by atoms with Gasteiger partial charge < -0.3 is 9.80 Å². The molecule has 0 fully saturated rings. The van der Waals surface area contributed by atoms with Crippen LogP contribution < -0.4 is 9.80 Å². The molecular weight excluding hydrogens is 354 g/mol. The van der Waals surface area contributed by atoms with Gasteiger partial charge in [-0.1, -0.05) is 30.3 Å². The van der Waals surface area contributed by atoms with E-state index < -0.39 is 0 Å². The van der Waals surface area contributed by atoms with Crippen LogP contribution in [0, 0.1) is 0 Å². The average Bonchev–Trinajstić information content (AvgIpc) is 2.78. The lowest BCUT2D eigenvalue weighted by molar-refractivity contribution is 0.860. The van der Waals surface area contributed by atoms with Crippen molar-refractivity contribution in [2.24, 2.45) is 0 Å². The number of pyridine rings is 1. The van der Waals surface area contributed by atoms with E-state index in [-0.39, 0.29) is 5.92 Å². The molecule has 0 aliphatic heterocycles. The van der Waals surface area contributed by atoms with Crippen LogP contribution in [0.25, 0.3) is 0 Å². The smallest absolute Gasteiger partial charge is 0.0522 e. The molecule has 3 heteroatoms. The molecular formula is C26H33N3. The van der Waals surface area contributed by atoms with Crippen molar-refractivity contribution in [1.82, 2.24) is 4.98 Å². The lowest BCUT2D eigenvalue weighted by Crippen LogP contribution is -2.22. The zero-order valence-corrected chi connectivity index (χ0v) is 18.2. The highest BCUT2D eigenvalue weighted by molar-refractivity contribution is 5.53. The van der Waals surface area contributed by atoms with E-state index in [0.29, 0.717) is 0 Å². The third-order valence-electron chi connectivity index (χ3n) is 5.69. The first-order valence-corrected chi connectivity index (χ1v) is 10.8. The minimum absolute atomic E-state index is 0.132. The summed E-state index contributed by atoms with van der Waals surface area (Å²) in [5.74, 6) is 0.132. The topological polar surface area (TPSA) is 19.4 Å². The summed E-state index contributed by atoms with van der Waals surface area (Å²) in [6, 6.07) is 24.2. The van der Waals surface area contributed by atoms with Crippen LogP contribution in [-0.4, -0.2) is 31.2 Å². The van der Waals surface area contributed by atoms with Gasteiger partial charge in [0.15, 0.2) is 0 Å². The minimum atomic E-state index is 0.132. The number of aromatic nitrogens is 1. The fourth-order valence-electron chi connectivity index (χ4n) is 4.01. The molecule has 0 radical (unpaired) electrons. The Kier molecular flexibility index (Phi) is 7.29. The largest absolute Gasteiger partial charge is 0.372 e. The minimum Gasteiger partial charge on any atom is -0.372 e. The van der Waals surface area contributed by atoms with Gasteiger partial charge in [0.1, 0.15) is 0 Å². The van der Waals surface area contributed by atoms with Crippen LogP contribution >= 0.6 is 0 Å². The predicted molar refractivity (Wildman–Crippen MR) is 125 cm³/mol. The summed E-state index contributed by atoms with van der Waals surface area (Å²) >= 11 is 0. The normalized spacial score (nSPS) is 10.9. The van der Waals surface area contributed by atoms with E-state index >= 15 is 0 Å². The molecule has 0 unspecified atom stereocenters. The maximum absolute atomic E-state index is 4.69. The Balaban J connectivity index is 1.98. The van der Waals surface area contributed by atoms with Crippen LogP contribution in [0.15, 0.2) is 72.9 Å². The van der Waals surface area contributed by atoms with Gasteiger partial charge in [0.05, 0.1) is 11.6 Å². The summed E-state index contributed by atoms with van der Waals surface area (Å²) in [6.45, 7) is 12.9. The molecule has 29 heavy (non-hydrogen) atoms. The fraction of sp³-hybridized carbons (Fsp3) is 0.346. The van der Waals surface area contributed by atoms with Crippen molar-refractivity contribution in [2.45, 2.75) is 33.6 Å². The molecule has 3 nitrogen and oxygen atoms in total. The zero-order chi connectivity index (χ0) is 20.6. The molecule has 0 spiro atoms. The van der Waals surface area contributed by atoms with Gasteiger partial charge in [0.25, 0.3) is 0 Å². The monoisotopic (exact) mass is 387 g/mol. The molecule has 0 bridgehead atoms. The summed E-state index contributed by atoms with van der Waals surface area (Å²) in [6.07, 6.45) is 1.89. The SMILES string of the molecule is CCN(CC)c1ccc(C(c2ccc(N(CC)CC)cc2)c2ccccn2)cc1. The van der Waals surface area contributed by atoms with Crippen molar-refractivity contribution >= 4 is 11.4 Å². The molecule has 2 aromatic carbocycles. The molecule has 152 valence electrons. The van der Waals surface area contributed by atoms with Gasteiger partial charge in [-0.2, -0.15) is 0 Å². The molecule has 3 aromatic rings. The average molecular weight is 388 g/mol. The number of hydrogen-bond acceptors (Lipinski definition) is 3. The van der Waals surface area contributed by atoms with Gasteiger partial charge >= 0.3 is 0 Å². The van der Waals surface area contributed by atoms with E-state index in [2.05, 4.69) is 98.2 Å². The molecule has 0 saturated carbocycles. The standard InChI is InChI=1S/C26H33N3/c1-5-28(6-2)23-16-12-21(13-17-23)26(25-11-9-10-20-27-25)22-14-18-24(19-15-22)29(7-3)8-4/h9-20,26H,5-8H2,1-4H3. The van der Waals surface area contributed by atoms with Crippen molar-refractivity contribution in [3.63, 3.8) is 0 Å². The van der Waals surface area contributed by atoms with E-state index in [4.69, 9.17) is 4.98 Å². The summed E-state index contributed by atoms with van der Waals surface area (Å²) < 4.78 is 0. The molecule has 0 aliphatic carbocycles. The first-order chi connectivity index (χ1) is 14.2. The second-order valence-corrected chi connectivity index (χ2v) is 7.22. The number of benzene rings is 2. The Labute approximate surface area is 176 Å². The third-order valence-corrected chi connectivity index (χ3v) is 5.69. The molecule has 0 saturated heterocycles. The Morgan fingerprint density at radius 3 is 1.41 bits per heavy atom. The first-order valence-electron chi connectivity index (χ1n) is 10.8. The van der Waals surface area contributed by atoms with Crippen LogP contribution in [-0.2, 0) is 0 Å². The Bertz CT molecular complexity index is 793. The highest BCUT2D eigenvalue weighted by Gasteiger charge is 2.18. The summed E-state index contributed by atoms with van der Waals surface area (Å²) in [7, 11) is 0. The van der Waals surface area contributed by atoms with Gasteiger partial charge in [-0.05, 0) is 75.2 Å². The van der Waals surface area contributed by atoms with Gasteiger partial charge in [-0.3, -0.25) is 4.98 Å². The van der Waals surface area contributed by atoms with Gasteiger partial charge in [0, 0.05) is 43.8 Å². The number of hydrogen-bond donors (Lipinski definition) is 0.